The summed E-state index contributed by atoms with van der Waals surface area (Å²) < 4.78 is 1.75. The number of aromatic nitrogens is 2. The molecule has 3 nitrogen and oxygen atoms in total. The van der Waals surface area contributed by atoms with Crippen LogP contribution in [0.25, 0.3) is 5.69 Å². The second-order valence-electron chi connectivity index (χ2n) is 4.89. The number of nitrogens with zero attached hydrogens (tertiary/aromatic N) is 2. The Kier molecular flexibility index (Phi) is 3.97. The van der Waals surface area contributed by atoms with Crippen molar-refractivity contribution in [1.82, 2.24) is 9.78 Å². The van der Waals surface area contributed by atoms with Crippen LogP contribution in [0, 0.1) is 20.8 Å². The normalized spacial score (nSPS) is 11.1. The number of hydrogen-bond acceptors (Lipinski definition) is 2. The van der Waals surface area contributed by atoms with E-state index in [-0.39, 0.29) is 6.61 Å². The van der Waals surface area contributed by atoms with Crippen molar-refractivity contribution in [3.8, 4) is 5.69 Å². The van der Waals surface area contributed by atoms with E-state index in [2.05, 4.69) is 38.0 Å². The van der Waals surface area contributed by atoms with Gasteiger partial charge in [0.1, 0.15) is 5.15 Å². The largest absolute Gasteiger partial charge is 0.391 e. The predicted molar refractivity (Wildman–Crippen MR) is 78.1 cm³/mol. The molecule has 4 heteroatoms. The molecule has 2 rings (SSSR count). The summed E-state index contributed by atoms with van der Waals surface area (Å²) in [6, 6.07) is 4.23. The van der Waals surface area contributed by atoms with Crippen molar-refractivity contribution in [2.24, 2.45) is 0 Å². The van der Waals surface area contributed by atoms with Gasteiger partial charge in [0.2, 0.25) is 0 Å². The van der Waals surface area contributed by atoms with Crippen LogP contribution in [-0.2, 0) is 13.0 Å². The van der Waals surface area contributed by atoms with E-state index >= 15 is 0 Å². The highest BCUT2D eigenvalue weighted by Gasteiger charge is 2.18. The maximum absolute atomic E-state index is 9.44. The van der Waals surface area contributed by atoms with Gasteiger partial charge in [-0.15, -0.1) is 0 Å². The Bertz CT molecular complexity index is 594. The molecular formula is C15H19ClN2O. The lowest BCUT2D eigenvalue weighted by Gasteiger charge is -2.12. The highest BCUT2D eigenvalue weighted by Crippen LogP contribution is 2.28. The van der Waals surface area contributed by atoms with Gasteiger partial charge in [0.25, 0.3) is 0 Å². The smallest absolute Gasteiger partial charge is 0.138 e. The molecule has 1 aromatic heterocycles. The molecule has 102 valence electrons. The maximum atomic E-state index is 9.44. The Hall–Kier alpha value is -1.32. The number of rotatable bonds is 3. The molecule has 0 saturated heterocycles. The van der Waals surface area contributed by atoms with Crippen molar-refractivity contribution in [3.63, 3.8) is 0 Å². The van der Waals surface area contributed by atoms with E-state index in [1.807, 2.05) is 6.92 Å². The maximum Gasteiger partial charge on any atom is 0.138 e. The Balaban J connectivity index is 2.69. The first-order valence-electron chi connectivity index (χ1n) is 6.44. The van der Waals surface area contributed by atoms with Crippen LogP contribution in [0.1, 0.15) is 34.9 Å². The van der Waals surface area contributed by atoms with Crippen molar-refractivity contribution in [2.45, 2.75) is 40.7 Å². The van der Waals surface area contributed by atoms with E-state index in [0.29, 0.717) is 5.15 Å². The minimum absolute atomic E-state index is 0.0774. The molecule has 2 aromatic rings. The third kappa shape index (κ3) is 2.40. The molecule has 0 spiro atoms. The quantitative estimate of drug-likeness (QED) is 0.933. The predicted octanol–water partition coefficient (Wildman–Crippen LogP) is 3.51. The minimum Gasteiger partial charge on any atom is -0.391 e. The fourth-order valence-corrected chi connectivity index (χ4v) is 2.86. The molecule has 0 aliphatic carbocycles. The van der Waals surface area contributed by atoms with Crippen molar-refractivity contribution in [2.75, 3.05) is 0 Å². The summed E-state index contributed by atoms with van der Waals surface area (Å²) in [5, 5.41) is 14.5. The second kappa shape index (κ2) is 5.35. The lowest BCUT2D eigenvalue weighted by Crippen LogP contribution is -2.03. The molecule has 1 heterocycles. The molecule has 1 N–H and O–H groups in total. The number of aliphatic hydroxyl groups excluding tert-OH is 1. The standard InChI is InChI=1S/C15H19ClN2O/c1-5-13-12(8-19)15(16)18(17-13)14-10(3)6-9(2)7-11(14)4/h6-7,19H,5,8H2,1-4H3. The number of halogens is 1. The molecule has 0 bridgehead atoms. The van der Waals surface area contributed by atoms with E-state index in [1.54, 1.807) is 4.68 Å². The Morgan fingerprint density at radius 3 is 2.21 bits per heavy atom. The molecule has 1 aromatic carbocycles. The molecule has 0 saturated carbocycles. The van der Waals surface area contributed by atoms with E-state index < -0.39 is 0 Å². The summed E-state index contributed by atoms with van der Waals surface area (Å²) >= 11 is 6.37. The zero-order valence-corrected chi connectivity index (χ0v) is 12.5. The minimum atomic E-state index is -0.0774. The molecule has 0 amide bonds. The van der Waals surface area contributed by atoms with Crippen LogP contribution in [0.5, 0.6) is 0 Å². The topological polar surface area (TPSA) is 38.0 Å². The summed E-state index contributed by atoms with van der Waals surface area (Å²) in [6.07, 6.45) is 0.757. The van der Waals surface area contributed by atoms with Crippen LogP contribution in [0.15, 0.2) is 12.1 Å². The number of aryl methyl sites for hydroxylation is 4. The zero-order chi connectivity index (χ0) is 14.2. The molecule has 0 unspecified atom stereocenters. The van der Waals surface area contributed by atoms with Gasteiger partial charge in [-0.1, -0.05) is 36.2 Å². The van der Waals surface area contributed by atoms with Crippen LogP contribution >= 0.6 is 11.6 Å². The van der Waals surface area contributed by atoms with E-state index in [9.17, 15) is 5.11 Å². The van der Waals surface area contributed by atoms with Gasteiger partial charge < -0.3 is 5.11 Å². The summed E-state index contributed by atoms with van der Waals surface area (Å²) in [5.41, 5.74) is 6.07. The van der Waals surface area contributed by atoms with Crippen molar-refractivity contribution < 1.29 is 5.11 Å². The number of aliphatic hydroxyl groups is 1. The van der Waals surface area contributed by atoms with Gasteiger partial charge in [-0.05, 0) is 38.3 Å². The van der Waals surface area contributed by atoms with Crippen LogP contribution in [0.4, 0.5) is 0 Å². The third-order valence-electron chi connectivity index (χ3n) is 3.34. The van der Waals surface area contributed by atoms with Crippen molar-refractivity contribution >= 4 is 11.6 Å². The average Bonchev–Trinajstić information content (AvgIpc) is 2.65. The SMILES string of the molecule is CCc1nn(-c2c(C)cc(C)cc2C)c(Cl)c1CO. The molecular weight excluding hydrogens is 260 g/mol. The monoisotopic (exact) mass is 278 g/mol. The second-order valence-corrected chi connectivity index (χ2v) is 5.24. The van der Waals surface area contributed by atoms with Gasteiger partial charge in [0, 0.05) is 5.56 Å². The molecule has 0 radical (unpaired) electrons. The van der Waals surface area contributed by atoms with Crippen LogP contribution < -0.4 is 0 Å². The van der Waals surface area contributed by atoms with Gasteiger partial charge in [-0.25, -0.2) is 4.68 Å². The van der Waals surface area contributed by atoms with E-state index in [0.717, 1.165) is 34.5 Å². The van der Waals surface area contributed by atoms with E-state index in [4.69, 9.17) is 11.6 Å². The number of benzene rings is 1. The highest BCUT2D eigenvalue weighted by atomic mass is 35.5. The molecule has 0 atom stereocenters. The Labute approximate surface area is 118 Å². The first kappa shape index (κ1) is 14.1. The Morgan fingerprint density at radius 2 is 1.79 bits per heavy atom. The summed E-state index contributed by atoms with van der Waals surface area (Å²) in [4.78, 5) is 0. The van der Waals surface area contributed by atoms with Gasteiger partial charge in [-0.2, -0.15) is 5.10 Å². The highest BCUT2D eigenvalue weighted by molar-refractivity contribution is 6.30. The molecule has 19 heavy (non-hydrogen) atoms. The third-order valence-corrected chi connectivity index (χ3v) is 3.73. The Morgan fingerprint density at radius 1 is 1.21 bits per heavy atom. The van der Waals surface area contributed by atoms with Gasteiger partial charge >= 0.3 is 0 Å². The fourth-order valence-electron chi connectivity index (χ4n) is 2.57. The van der Waals surface area contributed by atoms with Gasteiger partial charge in [0.05, 0.1) is 18.0 Å². The molecule has 0 fully saturated rings. The first-order chi connectivity index (χ1) is 8.99. The van der Waals surface area contributed by atoms with Crippen molar-refractivity contribution in [1.29, 1.82) is 0 Å². The van der Waals surface area contributed by atoms with Crippen LogP contribution in [0.2, 0.25) is 5.15 Å². The van der Waals surface area contributed by atoms with Crippen LogP contribution in [-0.4, -0.2) is 14.9 Å². The average molecular weight is 279 g/mol. The first-order valence-corrected chi connectivity index (χ1v) is 6.82. The lowest BCUT2D eigenvalue weighted by molar-refractivity contribution is 0.281. The van der Waals surface area contributed by atoms with Crippen molar-refractivity contribution in [3.05, 3.63) is 45.2 Å². The lowest BCUT2D eigenvalue weighted by atomic mass is 10.1. The fraction of sp³-hybridized carbons (Fsp3) is 0.400. The zero-order valence-electron chi connectivity index (χ0n) is 11.8. The van der Waals surface area contributed by atoms with Crippen LogP contribution in [0.3, 0.4) is 0 Å². The summed E-state index contributed by atoms with van der Waals surface area (Å²) in [7, 11) is 0. The number of hydrogen-bond donors (Lipinski definition) is 1. The molecule has 0 aliphatic heterocycles. The van der Waals surface area contributed by atoms with Gasteiger partial charge in [-0.3, -0.25) is 0 Å². The van der Waals surface area contributed by atoms with Gasteiger partial charge in [0.15, 0.2) is 0 Å². The summed E-state index contributed by atoms with van der Waals surface area (Å²) in [5.74, 6) is 0. The summed E-state index contributed by atoms with van der Waals surface area (Å²) in [6.45, 7) is 8.11. The van der Waals surface area contributed by atoms with E-state index in [1.165, 1.54) is 5.56 Å². The molecule has 0 aliphatic rings.